The number of rotatable bonds is 8. The highest BCUT2D eigenvalue weighted by atomic mass is 35.5. The Morgan fingerprint density at radius 2 is 1.93 bits per heavy atom. The number of fused-ring (bicyclic) bond motifs is 1. The summed E-state index contributed by atoms with van der Waals surface area (Å²) in [5.41, 5.74) is 4.34. The SMILES string of the molecule is COC(=O)CCc1c(CCO)ccc2c1CCC(NS(=O)(=O)c1ccc(Cl)cc1)C2. The largest absolute Gasteiger partial charge is 0.469 e. The van der Waals surface area contributed by atoms with E-state index in [9.17, 15) is 18.3 Å². The van der Waals surface area contributed by atoms with E-state index in [1.54, 1.807) is 12.1 Å². The zero-order valence-electron chi connectivity index (χ0n) is 16.9. The van der Waals surface area contributed by atoms with Gasteiger partial charge >= 0.3 is 5.97 Å². The number of sulfonamides is 1. The van der Waals surface area contributed by atoms with Crippen molar-refractivity contribution in [1.82, 2.24) is 4.72 Å². The molecule has 2 aromatic rings. The smallest absolute Gasteiger partial charge is 0.305 e. The number of carbonyl (C=O) groups excluding carboxylic acids is 1. The van der Waals surface area contributed by atoms with Gasteiger partial charge < -0.3 is 9.84 Å². The van der Waals surface area contributed by atoms with Gasteiger partial charge in [-0.05, 0) is 78.6 Å². The highest BCUT2D eigenvalue weighted by molar-refractivity contribution is 7.89. The number of halogens is 1. The van der Waals surface area contributed by atoms with Gasteiger partial charge in [0.1, 0.15) is 0 Å². The molecule has 0 radical (unpaired) electrons. The maximum atomic E-state index is 12.7. The van der Waals surface area contributed by atoms with Crippen LogP contribution in [-0.2, 0) is 45.2 Å². The van der Waals surface area contributed by atoms with Crippen LogP contribution in [0.25, 0.3) is 0 Å². The van der Waals surface area contributed by atoms with Crippen LogP contribution < -0.4 is 4.72 Å². The van der Waals surface area contributed by atoms with Crippen LogP contribution in [-0.4, -0.2) is 39.3 Å². The van der Waals surface area contributed by atoms with Crippen molar-refractivity contribution in [1.29, 1.82) is 0 Å². The molecule has 1 aliphatic rings. The number of nitrogens with one attached hydrogen (secondary N) is 1. The first-order valence-electron chi connectivity index (χ1n) is 9.92. The number of aliphatic hydroxyl groups excluding tert-OH is 1. The van der Waals surface area contributed by atoms with Crippen LogP contribution in [0.5, 0.6) is 0 Å². The Hall–Kier alpha value is -1.93. The van der Waals surface area contributed by atoms with Gasteiger partial charge in [0.2, 0.25) is 10.0 Å². The summed E-state index contributed by atoms with van der Waals surface area (Å²) in [5, 5.41) is 9.88. The summed E-state index contributed by atoms with van der Waals surface area (Å²) in [4.78, 5) is 11.8. The molecule has 0 bridgehead atoms. The second-order valence-electron chi connectivity index (χ2n) is 7.41. The van der Waals surface area contributed by atoms with E-state index >= 15 is 0 Å². The molecule has 0 saturated carbocycles. The molecule has 0 saturated heterocycles. The molecule has 0 aromatic heterocycles. The van der Waals surface area contributed by atoms with Gasteiger partial charge in [0, 0.05) is 24.1 Å². The van der Waals surface area contributed by atoms with Crippen molar-refractivity contribution < 1.29 is 23.1 Å². The van der Waals surface area contributed by atoms with E-state index in [-0.39, 0.29) is 29.9 Å². The number of benzene rings is 2. The Morgan fingerprint density at radius 3 is 2.60 bits per heavy atom. The zero-order valence-corrected chi connectivity index (χ0v) is 18.4. The number of hydrogen-bond donors (Lipinski definition) is 2. The average molecular weight is 452 g/mol. The number of aliphatic hydroxyl groups is 1. The molecular weight excluding hydrogens is 426 g/mol. The van der Waals surface area contributed by atoms with E-state index in [4.69, 9.17) is 16.3 Å². The van der Waals surface area contributed by atoms with Crippen LogP contribution in [0.2, 0.25) is 5.02 Å². The second kappa shape index (κ2) is 9.92. The first-order chi connectivity index (χ1) is 14.3. The van der Waals surface area contributed by atoms with Gasteiger partial charge in [-0.2, -0.15) is 0 Å². The molecule has 0 aliphatic heterocycles. The van der Waals surface area contributed by atoms with Crippen molar-refractivity contribution in [2.45, 2.75) is 49.5 Å². The Balaban J connectivity index is 1.79. The topological polar surface area (TPSA) is 92.7 Å². The number of ether oxygens (including phenoxy) is 1. The molecule has 2 aromatic carbocycles. The molecule has 0 heterocycles. The third kappa shape index (κ3) is 5.40. The van der Waals surface area contributed by atoms with Crippen molar-refractivity contribution in [3.63, 3.8) is 0 Å². The molecule has 8 heteroatoms. The van der Waals surface area contributed by atoms with Gasteiger partial charge in [0.25, 0.3) is 0 Å². The molecule has 162 valence electrons. The summed E-state index contributed by atoms with van der Waals surface area (Å²) < 4.78 is 33.0. The summed E-state index contributed by atoms with van der Waals surface area (Å²) in [7, 11) is -2.26. The Morgan fingerprint density at radius 1 is 1.20 bits per heavy atom. The van der Waals surface area contributed by atoms with Gasteiger partial charge in [-0.1, -0.05) is 23.7 Å². The van der Waals surface area contributed by atoms with Crippen molar-refractivity contribution >= 4 is 27.6 Å². The average Bonchev–Trinajstić information content (AvgIpc) is 2.72. The van der Waals surface area contributed by atoms with E-state index in [1.807, 2.05) is 12.1 Å². The Kier molecular flexibility index (Phi) is 7.52. The highest BCUT2D eigenvalue weighted by Crippen LogP contribution is 2.29. The summed E-state index contributed by atoms with van der Waals surface area (Å²) in [6, 6.07) is 9.87. The maximum absolute atomic E-state index is 12.7. The number of carbonyl (C=O) groups is 1. The van der Waals surface area contributed by atoms with Crippen LogP contribution in [0.3, 0.4) is 0 Å². The predicted octanol–water partition coefficient (Wildman–Crippen LogP) is 2.82. The van der Waals surface area contributed by atoms with Crippen LogP contribution in [0.4, 0.5) is 0 Å². The van der Waals surface area contributed by atoms with Crippen LogP contribution in [0.1, 0.15) is 35.1 Å². The maximum Gasteiger partial charge on any atom is 0.305 e. The van der Waals surface area contributed by atoms with Crippen molar-refractivity contribution in [2.75, 3.05) is 13.7 Å². The highest BCUT2D eigenvalue weighted by Gasteiger charge is 2.26. The van der Waals surface area contributed by atoms with E-state index in [0.717, 1.165) is 22.3 Å². The van der Waals surface area contributed by atoms with Crippen LogP contribution >= 0.6 is 11.6 Å². The fourth-order valence-corrected chi connectivity index (χ4v) is 5.37. The molecule has 30 heavy (non-hydrogen) atoms. The van der Waals surface area contributed by atoms with Gasteiger partial charge in [0.05, 0.1) is 12.0 Å². The molecule has 0 fully saturated rings. The molecule has 3 rings (SSSR count). The monoisotopic (exact) mass is 451 g/mol. The number of hydrogen-bond acceptors (Lipinski definition) is 5. The van der Waals surface area contributed by atoms with Crippen LogP contribution in [0, 0.1) is 0 Å². The van der Waals surface area contributed by atoms with Gasteiger partial charge in [-0.15, -0.1) is 0 Å². The van der Waals surface area contributed by atoms with E-state index < -0.39 is 10.0 Å². The summed E-state index contributed by atoms with van der Waals surface area (Å²) in [5.74, 6) is -0.271. The summed E-state index contributed by atoms with van der Waals surface area (Å²) >= 11 is 5.85. The summed E-state index contributed by atoms with van der Waals surface area (Å²) in [6.07, 6.45) is 3.29. The van der Waals surface area contributed by atoms with E-state index in [1.165, 1.54) is 19.2 Å². The third-order valence-electron chi connectivity index (χ3n) is 5.47. The number of esters is 1. The van der Waals surface area contributed by atoms with Gasteiger partial charge in [-0.25, -0.2) is 13.1 Å². The molecular formula is C22H26ClNO5S. The number of methoxy groups -OCH3 is 1. The summed E-state index contributed by atoms with van der Waals surface area (Å²) in [6.45, 7) is 0.0352. The molecule has 0 amide bonds. The van der Waals surface area contributed by atoms with E-state index in [2.05, 4.69) is 4.72 Å². The molecule has 1 unspecified atom stereocenters. The predicted molar refractivity (Wildman–Crippen MR) is 115 cm³/mol. The lowest BCUT2D eigenvalue weighted by Gasteiger charge is -2.28. The minimum Gasteiger partial charge on any atom is -0.469 e. The van der Waals surface area contributed by atoms with Crippen molar-refractivity contribution in [2.24, 2.45) is 0 Å². The second-order valence-corrected chi connectivity index (χ2v) is 9.56. The van der Waals surface area contributed by atoms with E-state index in [0.29, 0.717) is 37.1 Å². The Labute approximate surface area is 182 Å². The first kappa shape index (κ1) is 22.7. The molecule has 1 aliphatic carbocycles. The quantitative estimate of drug-likeness (QED) is 0.602. The van der Waals surface area contributed by atoms with Crippen LogP contribution in [0.15, 0.2) is 41.3 Å². The fourth-order valence-electron chi connectivity index (χ4n) is 3.98. The molecule has 1 atom stereocenters. The van der Waals surface area contributed by atoms with Crippen molar-refractivity contribution in [3.05, 3.63) is 63.7 Å². The first-order valence-corrected chi connectivity index (χ1v) is 11.8. The molecule has 2 N–H and O–H groups in total. The lowest BCUT2D eigenvalue weighted by Crippen LogP contribution is -2.39. The lowest BCUT2D eigenvalue weighted by atomic mass is 9.82. The lowest BCUT2D eigenvalue weighted by molar-refractivity contribution is -0.140. The minimum atomic E-state index is -3.63. The van der Waals surface area contributed by atoms with Crippen molar-refractivity contribution in [3.8, 4) is 0 Å². The van der Waals surface area contributed by atoms with Gasteiger partial charge in [-0.3, -0.25) is 4.79 Å². The normalized spacial score (nSPS) is 16.2. The standard InChI is InChI=1S/C22H26ClNO5S/c1-29-22(26)11-10-20-15(12-13-25)2-3-16-14-18(6-9-21(16)20)24-30(27,28)19-7-4-17(23)5-8-19/h2-5,7-8,18,24-25H,6,9-14H2,1H3. The van der Waals surface area contributed by atoms with Gasteiger partial charge in [0.15, 0.2) is 0 Å². The zero-order chi connectivity index (χ0) is 21.7. The molecule has 6 nitrogen and oxygen atoms in total. The minimum absolute atomic E-state index is 0.0352. The third-order valence-corrected chi connectivity index (χ3v) is 7.26. The fraction of sp³-hybridized carbons (Fsp3) is 0.409. The molecule has 0 spiro atoms. The Bertz CT molecular complexity index is 1000.